The number of rotatable bonds is 6. The number of imidazole rings is 1. The van der Waals surface area contributed by atoms with Crippen LogP contribution in [0.1, 0.15) is 23.7 Å². The van der Waals surface area contributed by atoms with Crippen molar-refractivity contribution in [1.29, 1.82) is 0 Å². The lowest BCUT2D eigenvalue weighted by atomic mass is 10.2. The highest BCUT2D eigenvalue weighted by atomic mass is 79.9. The minimum Gasteiger partial charge on any atom is -0.449 e. The van der Waals surface area contributed by atoms with Crippen molar-refractivity contribution < 1.29 is 14.3 Å². The van der Waals surface area contributed by atoms with E-state index in [1.807, 2.05) is 48.5 Å². The molecular formula is C24H20BrN3O3. The Kier molecular flexibility index (Phi) is 6.13. The number of H-pyrrole nitrogens is 1. The molecular weight excluding hydrogens is 458 g/mol. The number of aromatic nitrogens is 2. The summed E-state index contributed by atoms with van der Waals surface area (Å²) in [5, 5.41) is 2.79. The van der Waals surface area contributed by atoms with Gasteiger partial charge in [0.15, 0.2) is 6.10 Å². The van der Waals surface area contributed by atoms with E-state index in [2.05, 4.69) is 31.2 Å². The smallest absolute Gasteiger partial charge is 0.338 e. The lowest BCUT2D eigenvalue weighted by Crippen LogP contribution is -2.32. The van der Waals surface area contributed by atoms with Crippen LogP contribution in [-0.2, 0) is 9.53 Å². The molecule has 156 valence electrons. The third-order valence-corrected chi connectivity index (χ3v) is 5.50. The first-order valence-electron chi connectivity index (χ1n) is 9.86. The number of hydrogen-bond acceptors (Lipinski definition) is 4. The Labute approximate surface area is 187 Å². The van der Waals surface area contributed by atoms with E-state index in [1.165, 1.54) is 0 Å². The Bertz CT molecular complexity index is 1240. The molecule has 0 aliphatic carbocycles. The number of nitrogens with one attached hydrogen (secondary N) is 2. The fourth-order valence-electron chi connectivity index (χ4n) is 3.16. The molecule has 2 N–H and O–H groups in total. The minimum absolute atomic E-state index is 0.350. The summed E-state index contributed by atoms with van der Waals surface area (Å²) < 4.78 is 6.25. The van der Waals surface area contributed by atoms with Crippen LogP contribution in [0.2, 0.25) is 0 Å². The molecule has 31 heavy (non-hydrogen) atoms. The maximum Gasteiger partial charge on any atom is 0.338 e. The van der Waals surface area contributed by atoms with Gasteiger partial charge in [0.05, 0.1) is 22.3 Å². The number of fused-ring (bicyclic) bond motifs is 1. The van der Waals surface area contributed by atoms with Gasteiger partial charge in [0.1, 0.15) is 5.82 Å². The standard InChI is InChI=1S/C24H20BrN3O3/c1-2-21(23(29)28-18-11-7-6-10-17(18)25)31-24(30)16-12-13-19-20(14-16)27-22(26-19)15-8-4-3-5-9-15/h3-14,21H,2H2,1H3,(H,26,27)(H,28,29). The first-order chi connectivity index (χ1) is 15.0. The van der Waals surface area contributed by atoms with E-state index in [0.29, 0.717) is 17.7 Å². The average Bonchev–Trinajstić information content (AvgIpc) is 3.23. The topological polar surface area (TPSA) is 84.1 Å². The zero-order valence-electron chi connectivity index (χ0n) is 16.8. The number of nitrogens with zero attached hydrogens (tertiary/aromatic N) is 1. The van der Waals surface area contributed by atoms with Crippen LogP contribution < -0.4 is 5.32 Å². The van der Waals surface area contributed by atoms with Crippen LogP contribution in [0, 0.1) is 0 Å². The summed E-state index contributed by atoms with van der Waals surface area (Å²) >= 11 is 3.39. The van der Waals surface area contributed by atoms with Gasteiger partial charge in [-0.1, -0.05) is 49.4 Å². The molecule has 0 aliphatic rings. The van der Waals surface area contributed by atoms with Gasteiger partial charge in [-0.3, -0.25) is 4.79 Å². The molecule has 0 aliphatic heterocycles. The summed E-state index contributed by atoms with van der Waals surface area (Å²) in [5.41, 5.74) is 3.39. The Morgan fingerprint density at radius 2 is 1.81 bits per heavy atom. The highest BCUT2D eigenvalue weighted by molar-refractivity contribution is 9.10. The number of amides is 1. The SMILES string of the molecule is CCC(OC(=O)c1ccc2nc(-c3ccccc3)[nH]c2c1)C(=O)Nc1ccccc1Br. The third kappa shape index (κ3) is 4.67. The summed E-state index contributed by atoms with van der Waals surface area (Å²) in [5.74, 6) is -0.219. The van der Waals surface area contributed by atoms with Crippen molar-refractivity contribution >= 4 is 44.5 Å². The van der Waals surface area contributed by atoms with Gasteiger partial charge in [-0.2, -0.15) is 0 Å². The Balaban J connectivity index is 1.50. The maximum atomic E-state index is 12.7. The predicted molar refractivity (Wildman–Crippen MR) is 124 cm³/mol. The fraction of sp³-hybridized carbons (Fsp3) is 0.125. The average molecular weight is 478 g/mol. The molecule has 1 unspecified atom stereocenters. The van der Waals surface area contributed by atoms with Gasteiger partial charge in [-0.05, 0) is 52.7 Å². The van der Waals surface area contributed by atoms with Crippen LogP contribution in [0.25, 0.3) is 22.4 Å². The molecule has 0 spiro atoms. The maximum absolute atomic E-state index is 12.7. The number of hydrogen-bond donors (Lipinski definition) is 2. The van der Waals surface area contributed by atoms with Crippen molar-refractivity contribution in [3.05, 3.63) is 82.8 Å². The first-order valence-corrected chi connectivity index (χ1v) is 10.7. The molecule has 0 radical (unpaired) electrons. The summed E-state index contributed by atoms with van der Waals surface area (Å²) in [6.45, 7) is 1.79. The molecule has 4 rings (SSSR count). The number of carbonyl (C=O) groups excluding carboxylic acids is 2. The number of anilines is 1. The predicted octanol–water partition coefficient (Wildman–Crippen LogP) is 5.57. The monoisotopic (exact) mass is 477 g/mol. The van der Waals surface area contributed by atoms with E-state index in [4.69, 9.17) is 4.74 Å². The van der Waals surface area contributed by atoms with Crippen LogP contribution in [0.4, 0.5) is 5.69 Å². The van der Waals surface area contributed by atoms with E-state index in [0.717, 1.165) is 26.9 Å². The number of benzene rings is 3. The van der Waals surface area contributed by atoms with Gasteiger partial charge in [0, 0.05) is 10.0 Å². The molecule has 0 saturated heterocycles. The molecule has 1 amide bonds. The van der Waals surface area contributed by atoms with Gasteiger partial charge in [0.2, 0.25) is 0 Å². The van der Waals surface area contributed by atoms with Gasteiger partial charge in [-0.15, -0.1) is 0 Å². The van der Waals surface area contributed by atoms with E-state index in [-0.39, 0.29) is 5.91 Å². The summed E-state index contributed by atoms with van der Waals surface area (Å²) in [4.78, 5) is 33.1. The number of halogens is 1. The Hall–Kier alpha value is -3.45. The summed E-state index contributed by atoms with van der Waals surface area (Å²) in [6.07, 6.45) is -0.552. The second-order valence-electron chi connectivity index (χ2n) is 6.95. The van der Waals surface area contributed by atoms with Crippen molar-refractivity contribution in [3.63, 3.8) is 0 Å². The lowest BCUT2D eigenvalue weighted by Gasteiger charge is -2.16. The van der Waals surface area contributed by atoms with Crippen LogP contribution in [0.15, 0.2) is 77.3 Å². The van der Waals surface area contributed by atoms with E-state index >= 15 is 0 Å². The van der Waals surface area contributed by atoms with Crippen LogP contribution >= 0.6 is 15.9 Å². The minimum atomic E-state index is -0.906. The van der Waals surface area contributed by atoms with E-state index < -0.39 is 12.1 Å². The zero-order valence-corrected chi connectivity index (χ0v) is 18.3. The van der Waals surface area contributed by atoms with Gasteiger partial charge in [-0.25, -0.2) is 9.78 Å². The number of carbonyl (C=O) groups is 2. The third-order valence-electron chi connectivity index (χ3n) is 4.81. The van der Waals surface area contributed by atoms with Gasteiger partial charge < -0.3 is 15.0 Å². The second-order valence-corrected chi connectivity index (χ2v) is 7.81. The van der Waals surface area contributed by atoms with Crippen molar-refractivity contribution in [2.45, 2.75) is 19.4 Å². The number of para-hydroxylation sites is 1. The zero-order chi connectivity index (χ0) is 21.8. The molecule has 0 bridgehead atoms. The molecule has 1 heterocycles. The molecule has 4 aromatic rings. The normalized spacial score (nSPS) is 11.8. The van der Waals surface area contributed by atoms with Crippen LogP contribution in [-0.4, -0.2) is 27.9 Å². The van der Waals surface area contributed by atoms with Gasteiger partial charge in [0.25, 0.3) is 5.91 Å². The first kappa shape index (κ1) is 20.8. The highest BCUT2D eigenvalue weighted by Crippen LogP contribution is 2.23. The lowest BCUT2D eigenvalue weighted by molar-refractivity contribution is -0.124. The number of aromatic amines is 1. The van der Waals surface area contributed by atoms with Gasteiger partial charge >= 0.3 is 5.97 Å². The molecule has 0 saturated carbocycles. The number of esters is 1. The molecule has 1 aromatic heterocycles. The largest absolute Gasteiger partial charge is 0.449 e. The van der Waals surface area contributed by atoms with Crippen molar-refractivity contribution in [1.82, 2.24) is 9.97 Å². The van der Waals surface area contributed by atoms with Crippen molar-refractivity contribution in [3.8, 4) is 11.4 Å². The van der Waals surface area contributed by atoms with E-state index in [9.17, 15) is 9.59 Å². The molecule has 1 atom stereocenters. The van der Waals surface area contributed by atoms with Crippen LogP contribution in [0.3, 0.4) is 0 Å². The quantitative estimate of drug-likeness (QED) is 0.355. The van der Waals surface area contributed by atoms with Crippen molar-refractivity contribution in [2.75, 3.05) is 5.32 Å². The van der Waals surface area contributed by atoms with E-state index in [1.54, 1.807) is 31.2 Å². The molecule has 3 aromatic carbocycles. The molecule has 6 nitrogen and oxygen atoms in total. The van der Waals surface area contributed by atoms with Crippen molar-refractivity contribution in [2.24, 2.45) is 0 Å². The fourth-order valence-corrected chi connectivity index (χ4v) is 3.55. The Morgan fingerprint density at radius 1 is 1.06 bits per heavy atom. The molecule has 7 heteroatoms. The highest BCUT2D eigenvalue weighted by Gasteiger charge is 2.23. The number of ether oxygens (including phenoxy) is 1. The summed E-state index contributed by atoms with van der Waals surface area (Å²) in [6, 6.07) is 22.1. The second kappa shape index (κ2) is 9.14. The Morgan fingerprint density at radius 3 is 2.55 bits per heavy atom. The summed E-state index contributed by atoms with van der Waals surface area (Å²) in [7, 11) is 0. The van der Waals surface area contributed by atoms with Crippen LogP contribution in [0.5, 0.6) is 0 Å². The molecule has 0 fully saturated rings.